The fourth-order valence-corrected chi connectivity index (χ4v) is 2.61. The zero-order chi connectivity index (χ0) is 17.7. The van der Waals surface area contributed by atoms with Gasteiger partial charge in [0.2, 0.25) is 5.91 Å². The maximum absolute atomic E-state index is 12.6. The molecule has 5 nitrogen and oxygen atoms in total. The second-order valence-corrected chi connectivity index (χ2v) is 5.73. The summed E-state index contributed by atoms with van der Waals surface area (Å²) >= 11 is 0. The highest BCUT2D eigenvalue weighted by atomic mass is 16.5. The van der Waals surface area contributed by atoms with Crippen LogP contribution in [0.3, 0.4) is 0 Å². The fourth-order valence-electron chi connectivity index (χ4n) is 2.61. The number of likely N-dealkylation sites (N-methyl/N-ethyl adjacent to an activating group) is 2. The Hall–Kier alpha value is -1.10. The van der Waals surface area contributed by atoms with Gasteiger partial charge in [-0.1, -0.05) is 32.6 Å². The minimum absolute atomic E-state index is 0.00681. The van der Waals surface area contributed by atoms with Gasteiger partial charge in [-0.3, -0.25) is 9.59 Å². The Morgan fingerprint density at radius 1 is 0.826 bits per heavy atom. The summed E-state index contributed by atoms with van der Waals surface area (Å²) < 4.78 is 5.73. The van der Waals surface area contributed by atoms with E-state index < -0.39 is 6.10 Å². The highest BCUT2D eigenvalue weighted by Gasteiger charge is 2.24. The molecule has 0 heterocycles. The number of carbonyl (C=O) groups is 2. The van der Waals surface area contributed by atoms with E-state index in [1.165, 1.54) is 6.42 Å². The van der Waals surface area contributed by atoms with E-state index >= 15 is 0 Å². The van der Waals surface area contributed by atoms with Crippen molar-refractivity contribution in [1.82, 2.24) is 9.80 Å². The van der Waals surface area contributed by atoms with Crippen LogP contribution in [0.15, 0.2) is 0 Å². The molecule has 0 aromatic heterocycles. The van der Waals surface area contributed by atoms with Crippen molar-refractivity contribution in [3.63, 3.8) is 0 Å². The fraction of sp³-hybridized carbons (Fsp3) is 0.889. The SMILES string of the molecule is CCCCCCC(OCC(=O)N(CC)CC)C(=O)N(CC)CC. The molecule has 0 saturated carbocycles. The average molecular weight is 328 g/mol. The Kier molecular flexibility index (Phi) is 12.7. The van der Waals surface area contributed by atoms with Crippen molar-refractivity contribution in [2.24, 2.45) is 0 Å². The van der Waals surface area contributed by atoms with Crippen LogP contribution in [0, 0.1) is 0 Å². The molecule has 0 N–H and O–H groups in total. The van der Waals surface area contributed by atoms with Crippen molar-refractivity contribution >= 4 is 11.8 Å². The highest BCUT2D eigenvalue weighted by Crippen LogP contribution is 2.12. The Labute approximate surface area is 142 Å². The number of carbonyl (C=O) groups excluding carboxylic acids is 2. The van der Waals surface area contributed by atoms with Crippen molar-refractivity contribution in [2.75, 3.05) is 32.8 Å². The van der Waals surface area contributed by atoms with Crippen LogP contribution in [-0.4, -0.2) is 60.5 Å². The number of hydrogen-bond donors (Lipinski definition) is 0. The lowest BCUT2D eigenvalue weighted by atomic mass is 10.1. The third-order valence-electron chi connectivity index (χ3n) is 4.19. The van der Waals surface area contributed by atoms with E-state index in [1.54, 1.807) is 9.80 Å². The van der Waals surface area contributed by atoms with Crippen molar-refractivity contribution in [3.05, 3.63) is 0 Å². The normalized spacial score (nSPS) is 12.0. The molecule has 1 atom stereocenters. The maximum Gasteiger partial charge on any atom is 0.251 e. The van der Waals surface area contributed by atoms with Crippen LogP contribution in [0.25, 0.3) is 0 Å². The molecule has 0 radical (unpaired) electrons. The number of amides is 2. The molecule has 5 heteroatoms. The molecule has 0 spiro atoms. The smallest absolute Gasteiger partial charge is 0.251 e. The lowest BCUT2D eigenvalue weighted by Gasteiger charge is -2.26. The Morgan fingerprint density at radius 2 is 1.39 bits per heavy atom. The molecular weight excluding hydrogens is 292 g/mol. The molecule has 2 amide bonds. The molecule has 0 aromatic rings. The molecule has 0 saturated heterocycles. The molecule has 0 aliphatic heterocycles. The summed E-state index contributed by atoms with van der Waals surface area (Å²) in [7, 11) is 0. The van der Waals surface area contributed by atoms with Crippen LogP contribution < -0.4 is 0 Å². The maximum atomic E-state index is 12.6. The van der Waals surface area contributed by atoms with E-state index in [1.807, 2.05) is 27.7 Å². The summed E-state index contributed by atoms with van der Waals surface area (Å²) in [6.07, 6.45) is 4.60. The first-order valence-corrected chi connectivity index (χ1v) is 9.23. The van der Waals surface area contributed by atoms with E-state index in [-0.39, 0.29) is 18.4 Å². The van der Waals surface area contributed by atoms with Crippen LogP contribution >= 0.6 is 0 Å². The number of ether oxygens (including phenoxy) is 1. The summed E-state index contributed by atoms with van der Waals surface area (Å²) in [4.78, 5) is 28.2. The monoisotopic (exact) mass is 328 g/mol. The van der Waals surface area contributed by atoms with E-state index in [4.69, 9.17) is 4.74 Å². The number of rotatable bonds is 13. The van der Waals surface area contributed by atoms with Crippen LogP contribution in [0.1, 0.15) is 66.7 Å². The van der Waals surface area contributed by atoms with Crippen molar-refractivity contribution in [1.29, 1.82) is 0 Å². The largest absolute Gasteiger partial charge is 0.359 e. The van der Waals surface area contributed by atoms with Gasteiger partial charge < -0.3 is 14.5 Å². The number of unbranched alkanes of at least 4 members (excludes halogenated alkanes) is 3. The molecule has 0 rings (SSSR count). The van der Waals surface area contributed by atoms with E-state index in [0.29, 0.717) is 32.6 Å². The quantitative estimate of drug-likeness (QED) is 0.488. The highest BCUT2D eigenvalue weighted by molar-refractivity contribution is 5.82. The van der Waals surface area contributed by atoms with Crippen molar-refractivity contribution in [3.8, 4) is 0 Å². The first kappa shape index (κ1) is 21.9. The first-order valence-electron chi connectivity index (χ1n) is 9.23. The summed E-state index contributed by atoms with van der Waals surface area (Å²) in [5.41, 5.74) is 0. The van der Waals surface area contributed by atoms with Crippen LogP contribution in [-0.2, 0) is 14.3 Å². The predicted molar refractivity (Wildman–Crippen MR) is 94.4 cm³/mol. The summed E-state index contributed by atoms with van der Waals surface area (Å²) in [6.45, 7) is 12.7. The molecular formula is C18H36N2O3. The van der Waals surface area contributed by atoms with E-state index in [9.17, 15) is 9.59 Å². The minimum Gasteiger partial charge on any atom is -0.359 e. The van der Waals surface area contributed by atoms with Gasteiger partial charge in [0, 0.05) is 26.2 Å². The molecule has 136 valence electrons. The van der Waals surface area contributed by atoms with Gasteiger partial charge >= 0.3 is 0 Å². The molecule has 0 aliphatic rings. The predicted octanol–water partition coefficient (Wildman–Crippen LogP) is 3.08. The van der Waals surface area contributed by atoms with E-state index in [2.05, 4.69) is 6.92 Å². The molecule has 0 fully saturated rings. The van der Waals surface area contributed by atoms with Crippen LogP contribution in [0.2, 0.25) is 0 Å². The standard InChI is InChI=1S/C18H36N2O3/c1-6-11-12-13-14-16(18(22)20(9-4)10-5)23-15-17(21)19(7-2)8-3/h16H,6-15H2,1-5H3. The summed E-state index contributed by atoms with van der Waals surface area (Å²) in [5, 5.41) is 0. The minimum atomic E-state index is -0.494. The Morgan fingerprint density at radius 3 is 1.87 bits per heavy atom. The van der Waals surface area contributed by atoms with Gasteiger partial charge in [-0.2, -0.15) is 0 Å². The molecule has 0 aliphatic carbocycles. The third kappa shape index (κ3) is 8.35. The molecule has 0 bridgehead atoms. The van der Waals surface area contributed by atoms with Gasteiger partial charge in [-0.05, 0) is 34.1 Å². The van der Waals surface area contributed by atoms with Gasteiger partial charge in [0.05, 0.1) is 0 Å². The summed E-state index contributed by atoms with van der Waals surface area (Å²) in [6, 6.07) is 0. The van der Waals surface area contributed by atoms with Gasteiger partial charge in [0.15, 0.2) is 0 Å². The summed E-state index contributed by atoms with van der Waals surface area (Å²) in [5.74, 6) is -0.0280. The first-order chi connectivity index (χ1) is 11.0. The number of hydrogen-bond acceptors (Lipinski definition) is 3. The Bertz CT molecular complexity index is 326. The molecule has 23 heavy (non-hydrogen) atoms. The van der Waals surface area contributed by atoms with Crippen LogP contribution in [0.4, 0.5) is 0 Å². The lowest BCUT2D eigenvalue weighted by molar-refractivity contribution is -0.149. The molecule has 1 unspecified atom stereocenters. The zero-order valence-electron chi connectivity index (χ0n) is 15.8. The number of nitrogens with zero attached hydrogens (tertiary/aromatic N) is 2. The second kappa shape index (κ2) is 13.3. The molecule has 0 aromatic carbocycles. The van der Waals surface area contributed by atoms with E-state index in [0.717, 1.165) is 19.3 Å². The zero-order valence-corrected chi connectivity index (χ0v) is 15.8. The van der Waals surface area contributed by atoms with Gasteiger partial charge in [-0.15, -0.1) is 0 Å². The van der Waals surface area contributed by atoms with Crippen molar-refractivity contribution in [2.45, 2.75) is 72.8 Å². The lowest BCUT2D eigenvalue weighted by Crippen LogP contribution is -2.42. The van der Waals surface area contributed by atoms with Gasteiger partial charge in [0.25, 0.3) is 5.91 Å². The van der Waals surface area contributed by atoms with Gasteiger partial charge in [-0.25, -0.2) is 0 Å². The van der Waals surface area contributed by atoms with Gasteiger partial charge in [0.1, 0.15) is 12.7 Å². The second-order valence-electron chi connectivity index (χ2n) is 5.73. The topological polar surface area (TPSA) is 49.9 Å². The Balaban J connectivity index is 4.64. The third-order valence-corrected chi connectivity index (χ3v) is 4.19. The van der Waals surface area contributed by atoms with Crippen molar-refractivity contribution < 1.29 is 14.3 Å². The average Bonchev–Trinajstić information content (AvgIpc) is 2.56. The van der Waals surface area contributed by atoms with Crippen LogP contribution in [0.5, 0.6) is 0 Å².